The van der Waals surface area contributed by atoms with E-state index in [-0.39, 0.29) is 35.2 Å². The predicted molar refractivity (Wildman–Crippen MR) is 226 cm³/mol. The maximum Gasteiger partial charge on any atom is 0.343 e. The van der Waals surface area contributed by atoms with Gasteiger partial charge < -0.3 is 23.8 Å². The number of allylic oxidation sites excluding steroid dienone is 9. The van der Waals surface area contributed by atoms with Gasteiger partial charge in [0.1, 0.15) is 22.7 Å². The smallest absolute Gasteiger partial charge is 0.343 e. The first-order chi connectivity index (χ1) is 26.3. The number of aromatic hydroxyl groups is 2. The third kappa shape index (κ3) is 13.3. The molecule has 2 N–H and O–H groups in total. The molecular formula is C48H58O7. The molecule has 0 radical (unpaired) electrons. The molecule has 55 heavy (non-hydrogen) atoms. The van der Waals surface area contributed by atoms with Crippen LogP contribution in [-0.2, 0) is 17.6 Å². The predicted octanol–water partition coefficient (Wildman–Crippen LogP) is 11.9. The Labute approximate surface area is 325 Å². The summed E-state index contributed by atoms with van der Waals surface area (Å²) in [7, 11) is 0. The monoisotopic (exact) mass is 746 g/mol. The van der Waals surface area contributed by atoms with Crippen molar-refractivity contribution in [1.29, 1.82) is 0 Å². The van der Waals surface area contributed by atoms with Crippen molar-refractivity contribution < 1.29 is 23.8 Å². The number of rotatable bonds is 19. The van der Waals surface area contributed by atoms with Crippen molar-refractivity contribution in [2.45, 2.75) is 112 Å². The molecule has 0 amide bonds. The van der Waals surface area contributed by atoms with Gasteiger partial charge in [0, 0.05) is 12.8 Å². The fraction of sp³-hybridized carbons (Fsp3) is 0.375. The van der Waals surface area contributed by atoms with E-state index in [2.05, 4.69) is 58.9 Å². The quantitative estimate of drug-likeness (QED) is 0.0726. The fourth-order valence-electron chi connectivity index (χ4n) is 6.41. The zero-order valence-electron chi connectivity index (χ0n) is 33.7. The van der Waals surface area contributed by atoms with Gasteiger partial charge in [0.05, 0.1) is 34.6 Å². The Balaban J connectivity index is 1.30. The van der Waals surface area contributed by atoms with Gasteiger partial charge in [0.2, 0.25) is 0 Å². The molecule has 2 aromatic carbocycles. The summed E-state index contributed by atoms with van der Waals surface area (Å²) in [5, 5.41) is 22.5. The number of fused-ring (bicyclic) bond motifs is 2. The van der Waals surface area contributed by atoms with E-state index in [9.17, 15) is 19.8 Å². The van der Waals surface area contributed by atoms with Crippen molar-refractivity contribution in [3.8, 4) is 11.5 Å². The average Bonchev–Trinajstić information content (AvgIpc) is 3.13. The minimum Gasteiger partial charge on any atom is -0.507 e. The van der Waals surface area contributed by atoms with Gasteiger partial charge in [-0.2, -0.15) is 0 Å². The minimum absolute atomic E-state index is 0.00362. The molecule has 2 aromatic heterocycles. The first-order valence-corrected chi connectivity index (χ1v) is 19.3. The van der Waals surface area contributed by atoms with Crippen LogP contribution in [0.1, 0.15) is 105 Å². The maximum absolute atomic E-state index is 12.7. The highest BCUT2D eigenvalue weighted by atomic mass is 16.5. The molecule has 7 nitrogen and oxygen atoms in total. The van der Waals surface area contributed by atoms with E-state index in [4.69, 9.17) is 13.6 Å². The fourth-order valence-corrected chi connectivity index (χ4v) is 6.41. The molecule has 4 aromatic rings. The second-order valence-electron chi connectivity index (χ2n) is 15.0. The van der Waals surface area contributed by atoms with E-state index in [0.29, 0.717) is 41.4 Å². The molecule has 1 atom stereocenters. The topological polar surface area (TPSA) is 110 Å². The summed E-state index contributed by atoms with van der Waals surface area (Å²) in [5.41, 5.74) is 7.59. The zero-order valence-corrected chi connectivity index (χ0v) is 33.7. The second-order valence-corrected chi connectivity index (χ2v) is 15.0. The van der Waals surface area contributed by atoms with Gasteiger partial charge in [-0.25, -0.2) is 9.59 Å². The van der Waals surface area contributed by atoms with Crippen LogP contribution >= 0.6 is 0 Å². The molecule has 0 saturated carbocycles. The molecule has 4 rings (SSSR count). The summed E-state index contributed by atoms with van der Waals surface area (Å²) in [6.07, 6.45) is 19.7. The van der Waals surface area contributed by atoms with Crippen LogP contribution in [-0.4, -0.2) is 22.9 Å². The Hall–Kier alpha value is -5.14. The lowest BCUT2D eigenvalue weighted by Crippen LogP contribution is -2.13. The lowest BCUT2D eigenvalue weighted by Gasteiger charge is -2.17. The molecule has 292 valence electrons. The minimum atomic E-state index is -0.521. The summed E-state index contributed by atoms with van der Waals surface area (Å²) in [6.45, 7) is 15.2. The average molecular weight is 747 g/mol. The molecule has 0 spiro atoms. The van der Waals surface area contributed by atoms with Gasteiger partial charge in [-0.15, -0.1) is 0 Å². The van der Waals surface area contributed by atoms with E-state index < -0.39 is 11.3 Å². The first kappa shape index (κ1) is 42.6. The van der Waals surface area contributed by atoms with Crippen LogP contribution in [0.3, 0.4) is 0 Å². The van der Waals surface area contributed by atoms with Crippen molar-refractivity contribution in [2.75, 3.05) is 6.61 Å². The maximum atomic E-state index is 12.7. The van der Waals surface area contributed by atoms with Crippen molar-refractivity contribution in [3.63, 3.8) is 0 Å². The standard InChI is InChI=1S/C48H58O7/c1-32(2)15-12-19-35(5)29-38(30-36(6)26-28-42-46(50)40-22-9-11-24-44(40)55-48(42)52)53-31-37(7)20-14-17-33(3)16-13-18-34(4)25-27-41-45(49)39-21-8-10-23-43(39)54-47(41)51/h8-11,15-16,20-26,29,38,49-50H,12-14,17-19,27-28,30-31H2,1-7H3/b33-16+,34-25+,35-29+,36-26+,37-20-/t38-/m1/s1. The molecule has 0 bridgehead atoms. The lowest BCUT2D eigenvalue weighted by molar-refractivity contribution is 0.103. The van der Waals surface area contributed by atoms with Gasteiger partial charge in [0.15, 0.2) is 0 Å². The van der Waals surface area contributed by atoms with Crippen LogP contribution < -0.4 is 11.3 Å². The van der Waals surface area contributed by atoms with Crippen molar-refractivity contribution in [2.24, 2.45) is 0 Å². The van der Waals surface area contributed by atoms with Crippen molar-refractivity contribution >= 4 is 21.9 Å². The van der Waals surface area contributed by atoms with Gasteiger partial charge in [-0.05, 0) is 118 Å². The molecule has 0 saturated heterocycles. The van der Waals surface area contributed by atoms with Crippen LogP contribution in [0.15, 0.2) is 137 Å². The summed E-state index contributed by atoms with van der Waals surface area (Å²) >= 11 is 0. The SMILES string of the molecule is CC(C)=CCC/C(C)=C/[C@H](C/C(C)=C/Cc1c(O)c2ccccc2oc1=O)OC/C(C)=C\CC/C(C)=C/CC/C(C)=C/Cc1c(O)c2ccccc2oc1=O. The number of para-hydroxylation sites is 2. The van der Waals surface area contributed by atoms with Crippen molar-refractivity contribution in [3.05, 3.63) is 150 Å². The first-order valence-electron chi connectivity index (χ1n) is 19.3. The van der Waals surface area contributed by atoms with E-state index >= 15 is 0 Å². The van der Waals surface area contributed by atoms with Crippen LogP contribution in [0, 0.1) is 0 Å². The van der Waals surface area contributed by atoms with E-state index in [1.807, 2.05) is 38.1 Å². The molecule has 0 unspecified atom stereocenters. The molecular weight excluding hydrogens is 689 g/mol. The van der Waals surface area contributed by atoms with Crippen LogP contribution in [0.2, 0.25) is 0 Å². The van der Waals surface area contributed by atoms with Gasteiger partial charge >= 0.3 is 11.3 Å². The third-order valence-electron chi connectivity index (χ3n) is 9.74. The molecule has 0 aliphatic heterocycles. The Morgan fingerprint density at radius 1 is 0.600 bits per heavy atom. The van der Waals surface area contributed by atoms with Gasteiger partial charge in [-0.3, -0.25) is 0 Å². The van der Waals surface area contributed by atoms with E-state index in [1.165, 1.54) is 22.3 Å². The lowest BCUT2D eigenvalue weighted by atomic mass is 10.0. The van der Waals surface area contributed by atoms with Crippen LogP contribution in [0.5, 0.6) is 11.5 Å². The number of ether oxygens (including phenoxy) is 1. The Bertz CT molecular complexity index is 2230. The highest BCUT2D eigenvalue weighted by molar-refractivity contribution is 5.84. The summed E-state index contributed by atoms with van der Waals surface area (Å²) in [5.74, 6) is -0.0286. The Morgan fingerprint density at radius 3 is 1.60 bits per heavy atom. The summed E-state index contributed by atoms with van der Waals surface area (Å²) < 4.78 is 17.3. The summed E-state index contributed by atoms with van der Waals surface area (Å²) in [6, 6.07) is 14.0. The normalized spacial score (nSPS) is 13.8. The molecule has 0 aliphatic carbocycles. The number of hydrogen-bond donors (Lipinski definition) is 2. The second kappa shape index (κ2) is 21.1. The number of benzene rings is 2. The van der Waals surface area contributed by atoms with Crippen LogP contribution in [0.4, 0.5) is 0 Å². The van der Waals surface area contributed by atoms with E-state index in [0.717, 1.165) is 49.7 Å². The van der Waals surface area contributed by atoms with Gasteiger partial charge in [0.25, 0.3) is 0 Å². The molecule has 7 heteroatoms. The summed E-state index contributed by atoms with van der Waals surface area (Å²) in [4.78, 5) is 25.1. The molecule has 2 heterocycles. The Kier molecular flexibility index (Phi) is 16.3. The van der Waals surface area contributed by atoms with Crippen LogP contribution in [0.25, 0.3) is 21.9 Å². The zero-order chi connectivity index (χ0) is 39.9. The Morgan fingerprint density at radius 2 is 1.05 bits per heavy atom. The molecule has 0 fully saturated rings. The van der Waals surface area contributed by atoms with E-state index in [1.54, 1.807) is 36.4 Å². The third-order valence-corrected chi connectivity index (χ3v) is 9.74. The highest BCUT2D eigenvalue weighted by Gasteiger charge is 2.15. The highest BCUT2D eigenvalue weighted by Crippen LogP contribution is 2.28. The van der Waals surface area contributed by atoms with Crippen molar-refractivity contribution in [1.82, 2.24) is 0 Å². The molecule has 0 aliphatic rings. The number of hydrogen-bond acceptors (Lipinski definition) is 7. The van der Waals surface area contributed by atoms with Gasteiger partial charge in [-0.1, -0.05) is 94.2 Å². The largest absolute Gasteiger partial charge is 0.507 e.